The Labute approximate surface area is 140 Å². The lowest BCUT2D eigenvalue weighted by atomic mass is 9.76. The highest BCUT2D eigenvalue weighted by atomic mass is 19.1. The maximum Gasteiger partial charge on any atom is 0.211 e. The van der Waals surface area contributed by atoms with Crippen molar-refractivity contribution in [1.82, 2.24) is 0 Å². The molecule has 0 aromatic heterocycles. The summed E-state index contributed by atoms with van der Waals surface area (Å²) >= 11 is 0. The monoisotopic (exact) mass is 329 g/mol. The van der Waals surface area contributed by atoms with Crippen LogP contribution in [0.4, 0.5) is 4.39 Å². The molecule has 0 fully saturated rings. The molecule has 2 unspecified atom stereocenters. The molecule has 0 aliphatic heterocycles. The van der Waals surface area contributed by atoms with Crippen LogP contribution in [-0.4, -0.2) is 17.3 Å². The first-order valence-electron chi connectivity index (χ1n) is 7.86. The van der Waals surface area contributed by atoms with E-state index in [9.17, 15) is 19.3 Å². The van der Waals surface area contributed by atoms with Crippen LogP contribution in [0.3, 0.4) is 0 Å². The molecule has 0 bridgehead atoms. The van der Waals surface area contributed by atoms with Crippen LogP contribution in [0.5, 0.6) is 0 Å². The molecule has 126 valence electrons. The van der Waals surface area contributed by atoms with Crippen LogP contribution in [0.1, 0.15) is 36.8 Å². The summed E-state index contributed by atoms with van der Waals surface area (Å²) in [7, 11) is 0. The maximum absolute atomic E-state index is 13.2. The van der Waals surface area contributed by atoms with Gasteiger partial charge in [-0.1, -0.05) is 56.3 Å². The largest absolute Gasteiger partial charge is 0.299 e. The number of hydrogen-bond donors (Lipinski definition) is 0. The molecule has 5 heteroatoms. The standard InChI is InChI=1S/C19H20FNO3/c1-13(2)19(22)18(15-6-4-3-5-7-15)17(12-21(23)24)14-8-10-16(20)11-9-14/h3-11,13,17-18H,12H2,1-2H3. The van der Waals surface area contributed by atoms with Gasteiger partial charge in [-0.3, -0.25) is 14.9 Å². The molecule has 2 rings (SSSR count). The van der Waals surface area contributed by atoms with Crippen molar-refractivity contribution in [3.05, 3.63) is 81.7 Å². The van der Waals surface area contributed by atoms with Crippen molar-refractivity contribution in [2.75, 3.05) is 6.54 Å². The number of nitrogens with zero attached hydrogens (tertiary/aromatic N) is 1. The average Bonchev–Trinajstić information content (AvgIpc) is 2.55. The van der Waals surface area contributed by atoms with E-state index in [1.54, 1.807) is 26.0 Å². The smallest absolute Gasteiger partial charge is 0.211 e. The third-order valence-corrected chi connectivity index (χ3v) is 4.08. The maximum atomic E-state index is 13.2. The molecule has 0 radical (unpaired) electrons. The van der Waals surface area contributed by atoms with Crippen molar-refractivity contribution in [1.29, 1.82) is 0 Å². The SMILES string of the molecule is CC(C)C(=O)C(c1ccccc1)C(C[N+](=O)[O-])c1ccc(F)cc1. The molecule has 2 aromatic carbocycles. The summed E-state index contributed by atoms with van der Waals surface area (Å²) in [5.74, 6) is -2.01. The molecule has 2 atom stereocenters. The Morgan fingerprint density at radius 3 is 2.12 bits per heavy atom. The third-order valence-electron chi connectivity index (χ3n) is 4.08. The van der Waals surface area contributed by atoms with Crippen molar-refractivity contribution in [3.8, 4) is 0 Å². The van der Waals surface area contributed by atoms with Crippen LogP contribution in [0.15, 0.2) is 54.6 Å². The van der Waals surface area contributed by atoms with Gasteiger partial charge in [0.15, 0.2) is 0 Å². The molecule has 4 nitrogen and oxygen atoms in total. The van der Waals surface area contributed by atoms with E-state index in [-0.39, 0.29) is 18.2 Å². The van der Waals surface area contributed by atoms with Gasteiger partial charge in [0, 0.05) is 10.8 Å². The zero-order chi connectivity index (χ0) is 17.7. The van der Waals surface area contributed by atoms with Gasteiger partial charge in [-0.15, -0.1) is 0 Å². The quantitative estimate of drug-likeness (QED) is 0.565. The number of carbonyl (C=O) groups excluding carboxylic acids is 1. The van der Waals surface area contributed by atoms with E-state index in [0.717, 1.165) is 5.56 Å². The fourth-order valence-electron chi connectivity index (χ4n) is 2.89. The van der Waals surface area contributed by atoms with Crippen LogP contribution in [0.25, 0.3) is 0 Å². The van der Waals surface area contributed by atoms with Gasteiger partial charge >= 0.3 is 0 Å². The minimum Gasteiger partial charge on any atom is -0.299 e. The number of halogens is 1. The van der Waals surface area contributed by atoms with Gasteiger partial charge in [0.1, 0.15) is 11.6 Å². The molecular formula is C19H20FNO3. The van der Waals surface area contributed by atoms with Gasteiger partial charge in [-0.2, -0.15) is 0 Å². The molecule has 0 amide bonds. The van der Waals surface area contributed by atoms with Crippen molar-refractivity contribution < 1.29 is 14.1 Å². The zero-order valence-electron chi connectivity index (χ0n) is 13.7. The lowest BCUT2D eigenvalue weighted by Crippen LogP contribution is -2.28. The summed E-state index contributed by atoms with van der Waals surface area (Å²) in [5, 5.41) is 11.2. The Morgan fingerprint density at radius 1 is 1.04 bits per heavy atom. The lowest BCUT2D eigenvalue weighted by molar-refractivity contribution is -0.483. The number of Topliss-reactive ketones (excluding diaryl/α,β-unsaturated/α-hetero) is 1. The summed E-state index contributed by atoms with van der Waals surface area (Å²) in [6.07, 6.45) is 0. The minimum atomic E-state index is -0.641. The second kappa shape index (κ2) is 7.81. The molecule has 0 N–H and O–H groups in total. The van der Waals surface area contributed by atoms with Crippen molar-refractivity contribution >= 4 is 5.78 Å². The second-order valence-corrected chi connectivity index (χ2v) is 6.12. The second-order valence-electron chi connectivity index (χ2n) is 6.12. The van der Waals surface area contributed by atoms with Crippen LogP contribution < -0.4 is 0 Å². The summed E-state index contributed by atoms with van der Waals surface area (Å²) < 4.78 is 13.2. The van der Waals surface area contributed by atoms with Gasteiger partial charge in [-0.05, 0) is 23.3 Å². The number of benzene rings is 2. The molecule has 24 heavy (non-hydrogen) atoms. The molecule has 2 aromatic rings. The van der Waals surface area contributed by atoms with Gasteiger partial charge in [0.05, 0.1) is 11.8 Å². The first-order chi connectivity index (χ1) is 11.4. The average molecular weight is 329 g/mol. The normalized spacial score (nSPS) is 13.5. The number of nitro groups is 1. The van der Waals surface area contributed by atoms with E-state index in [4.69, 9.17) is 0 Å². The molecular weight excluding hydrogens is 309 g/mol. The number of ketones is 1. The lowest BCUT2D eigenvalue weighted by Gasteiger charge is -2.26. The third kappa shape index (κ3) is 4.25. The fraction of sp³-hybridized carbons (Fsp3) is 0.316. The van der Waals surface area contributed by atoms with E-state index in [1.165, 1.54) is 24.3 Å². The highest BCUT2D eigenvalue weighted by Gasteiger charge is 2.35. The Balaban J connectivity index is 2.53. The van der Waals surface area contributed by atoms with Gasteiger partial charge in [0.2, 0.25) is 6.54 Å². The number of rotatable bonds is 7. The predicted octanol–water partition coefficient (Wildman–Crippen LogP) is 4.19. The molecule has 0 heterocycles. The van der Waals surface area contributed by atoms with Gasteiger partial charge in [-0.25, -0.2) is 4.39 Å². The minimum absolute atomic E-state index is 0.0580. The molecule has 0 spiro atoms. The predicted molar refractivity (Wildman–Crippen MR) is 90.0 cm³/mol. The van der Waals surface area contributed by atoms with Crippen LogP contribution >= 0.6 is 0 Å². The molecule has 0 aliphatic carbocycles. The van der Waals surface area contributed by atoms with E-state index in [0.29, 0.717) is 5.56 Å². The Hall–Kier alpha value is -2.56. The van der Waals surface area contributed by atoms with Crippen molar-refractivity contribution in [2.24, 2.45) is 5.92 Å². The highest BCUT2D eigenvalue weighted by Crippen LogP contribution is 2.36. The van der Waals surface area contributed by atoms with E-state index >= 15 is 0 Å². The molecule has 0 saturated heterocycles. The summed E-state index contributed by atoms with van der Waals surface area (Å²) in [4.78, 5) is 23.6. The molecule has 0 aliphatic rings. The van der Waals surface area contributed by atoms with Crippen molar-refractivity contribution in [3.63, 3.8) is 0 Å². The van der Waals surface area contributed by atoms with E-state index in [2.05, 4.69) is 0 Å². The van der Waals surface area contributed by atoms with Crippen LogP contribution in [0, 0.1) is 21.8 Å². The fourth-order valence-corrected chi connectivity index (χ4v) is 2.89. The Bertz CT molecular complexity index is 698. The number of carbonyl (C=O) groups is 1. The topological polar surface area (TPSA) is 60.2 Å². The Morgan fingerprint density at radius 2 is 1.62 bits per heavy atom. The number of hydrogen-bond acceptors (Lipinski definition) is 3. The van der Waals surface area contributed by atoms with Crippen LogP contribution in [-0.2, 0) is 4.79 Å². The summed E-state index contributed by atoms with van der Waals surface area (Å²) in [6.45, 7) is 3.18. The van der Waals surface area contributed by atoms with Crippen LogP contribution in [0.2, 0.25) is 0 Å². The van der Waals surface area contributed by atoms with Gasteiger partial charge in [0.25, 0.3) is 0 Å². The zero-order valence-corrected chi connectivity index (χ0v) is 13.7. The van der Waals surface area contributed by atoms with Gasteiger partial charge < -0.3 is 0 Å². The van der Waals surface area contributed by atoms with E-state index in [1.807, 2.05) is 18.2 Å². The first-order valence-corrected chi connectivity index (χ1v) is 7.86. The molecule has 0 saturated carbocycles. The Kier molecular flexibility index (Phi) is 5.79. The van der Waals surface area contributed by atoms with Crippen molar-refractivity contribution in [2.45, 2.75) is 25.7 Å². The highest BCUT2D eigenvalue weighted by molar-refractivity contribution is 5.88. The summed E-state index contributed by atoms with van der Waals surface area (Å²) in [5.41, 5.74) is 1.34. The first kappa shape index (κ1) is 17.8. The summed E-state index contributed by atoms with van der Waals surface area (Å²) in [6, 6.07) is 14.6. The van der Waals surface area contributed by atoms with E-state index < -0.39 is 22.6 Å².